The summed E-state index contributed by atoms with van der Waals surface area (Å²) in [4.78, 5) is 11.1. The first-order valence-corrected chi connectivity index (χ1v) is 5.16. The predicted octanol–water partition coefficient (Wildman–Crippen LogP) is 1.65. The van der Waals surface area contributed by atoms with Gasteiger partial charge in [0.25, 0.3) is 0 Å². The van der Waals surface area contributed by atoms with E-state index in [1.807, 2.05) is 0 Å². The minimum atomic E-state index is -0.882. The third-order valence-electron chi connectivity index (χ3n) is 2.73. The first-order valence-electron chi connectivity index (χ1n) is 5.16. The van der Waals surface area contributed by atoms with E-state index in [2.05, 4.69) is 11.7 Å². The summed E-state index contributed by atoms with van der Waals surface area (Å²) in [7, 11) is 0. The molecule has 0 bridgehead atoms. The number of nitrogens with zero attached hydrogens (tertiary/aromatic N) is 2. The van der Waals surface area contributed by atoms with E-state index in [4.69, 9.17) is 5.11 Å². The van der Waals surface area contributed by atoms with Crippen molar-refractivity contribution in [1.82, 2.24) is 9.78 Å². The lowest BCUT2D eigenvalue weighted by molar-refractivity contribution is 0.0682. The molecule has 1 aliphatic carbocycles. The van der Waals surface area contributed by atoms with Gasteiger partial charge in [-0.25, -0.2) is 4.79 Å². The fourth-order valence-electron chi connectivity index (χ4n) is 2.10. The first-order chi connectivity index (χ1) is 7.24. The van der Waals surface area contributed by atoms with Gasteiger partial charge in [-0.05, 0) is 25.7 Å². The number of carboxylic acids is 1. The van der Waals surface area contributed by atoms with Gasteiger partial charge in [0.15, 0.2) is 0 Å². The molecule has 80 valence electrons. The van der Waals surface area contributed by atoms with Gasteiger partial charge < -0.3 is 5.11 Å². The van der Waals surface area contributed by atoms with Crippen molar-refractivity contribution in [2.24, 2.45) is 0 Å². The Balaban J connectivity index is 2.50. The summed E-state index contributed by atoms with van der Waals surface area (Å²) in [6, 6.07) is 0. The zero-order chi connectivity index (χ0) is 10.8. The van der Waals surface area contributed by atoms with Gasteiger partial charge in [-0.15, -0.1) is 6.58 Å². The molecule has 0 unspecified atom stereocenters. The minimum absolute atomic E-state index is 0.351. The molecule has 1 N–H and O–H groups in total. The van der Waals surface area contributed by atoms with Crippen LogP contribution in [0.15, 0.2) is 12.7 Å². The van der Waals surface area contributed by atoms with Crippen LogP contribution in [0.5, 0.6) is 0 Å². The predicted molar refractivity (Wildman–Crippen MR) is 56.0 cm³/mol. The van der Waals surface area contributed by atoms with Crippen LogP contribution in [0.25, 0.3) is 0 Å². The third-order valence-corrected chi connectivity index (χ3v) is 2.73. The maximum atomic E-state index is 11.1. The van der Waals surface area contributed by atoms with Gasteiger partial charge in [0.2, 0.25) is 0 Å². The van der Waals surface area contributed by atoms with E-state index in [0.29, 0.717) is 12.2 Å². The second-order valence-electron chi connectivity index (χ2n) is 3.76. The van der Waals surface area contributed by atoms with Gasteiger partial charge in [-0.3, -0.25) is 4.68 Å². The summed E-state index contributed by atoms with van der Waals surface area (Å²) < 4.78 is 1.55. The van der Waals surface area contributed by atoms with E-state index in [0.717, 1.165) is 36.9 Å². The highest BCUT2D eigenvalue weighted by Crippen LogP contribution is 2.24. The average Bonchev–Trinajstić information content (AvgIpc) is 2.56. The number of aromatic nitrogens is 2. The number of aryl methyl sites for hydroxylation is 1. The standard InChI is InChI=1S/C11H14N2O2/c1-2-7-13-10(11(14)15)8-5-3-4-6-9(8)12-13/h2H,1,3-7H2,(H,14,15). The number of rotatable bonds is 3. The summed E-state index contributed by atoms with van der Waals surface area (Å²) in [6.45, 7) is 4.08. The summed E-state index contributed by atoms with van der Waals surface area (Å²) in [5, 5.41) is 13.5. The van der Waals surface area contributed by atoms with Crippen molar-refractivity contribution in [3.8, 4) is 0 Å². The lowest BCUT2D eigenvalue weighted by Crippen LogP contribution is -2.11. The minimum Gasteiger partial charge on any atom is -0.477 e. The van der Waals surface area contributed by atoms with Crippen LogP contribution >= 0.6 is 0 Å². The zero-order valence-electron chi connectivity index (χ0n) is 8.57. The largest absolute Gasteiger partial charge is 0.477 e. The topological polar surface area (TPSA) is 55.1 Å². The molecule has 0 aromatic carbocycles. The highest BCUT2D eigenvalue weighted by atomic mass is 16.4. The Bertz CT molecular complexity index is 407. The van der Waals surface area contributed by atoms with Crippen LogP contribution in [-0.4, -0.2) is 20.9 Å². The second kappa shape index (κ2) is 3.88. The molecule has 0 atom stereocenters. The molecule has 2 rings (SSSR count). The number of fused-ring (bicyclic) bond motifs is 1. The lowest BCUT2D eigenvalue weighted by Gasteiger charge is -2.08. The molecule has 1 aromatic heterocycles. The van der Waals surface area contributed by atoms with Crippen molar-refractivity contribution >= 4 is 5.97 Å². The molecule has 4 heteroatoms. The van der Waals surface area contributed by atoms with E-state index in [9.17, 15) is 4.79 Å². The average molecular weight is 206 g/mol. The van der Waals surface area contributed by atoms with Crippen molar-refractivity contribution in [2.75, 3.05) is 0 Å². The highest BCUT2D eigenvalue weighted by Gasteiger charge is 2.24. The van der Waals surface area contributed by atoms with Gasteiger partial charge in [-0.1, -0.05) is 6.08 Å². The molecule has 0 radical (unpaired) electrons. The van der Waals surface area contributed by atoms with Crippen LogP contribution in [0.3, 0.4) is 0 Å². The Kier molecular flexibility index (Phi) is 2.58. The second-order valence-corrected chi connectivity index (χ2v) is 3.76. The highest BCUT2D eigenvalue weighted by molar-refractivity contribution is 5.87. The summed E-state index contributed by atoms with van der Waals surface area (Å²) >= 11 is 0. The zero-order valence-corrected chi connectivity index (χ0v) is 8.57. The van der Waals surface area contributed by atoms with Crippen molar-refractivity contribution in [1.29, 1.82) is 0 Å². The Hall–Kier alpha value is -1.58. The van der Waals surface area contributed by atoms with Crippen molar-refractivity contribution in [3.05, 3.63) is 29.6 Å². The Morgan fingerprint density at radius 3 is 2.93 bits per heavy atom. The molecule has 0 aliphatic heterocycles. The summed E-state index contributed by atoms with van der Waals surface area (Å²) in [6.07, 6.45) is 5.59. The van der Waals surface area contributed by atoms with Crippen LogP contribution in [0.2, 0.25) is 0 Å². The SMILES string of the molecule is C=CCn1nc2c(c1C(=O)O)CCCC2. The fourth-order valence-corrected chi connectivity index (χ4v) is 2.10. The van der Waals surface area contributed by atoms with Gasteiger partial charge in [0.05, 0.1) is 12.2 Å². The van der Waals surface area contributed by atoms with Crippen LogP contribution in [-0.2, 0) is 19.4 Å². The molecular formula is C11H14N2O2. The number of carbonyl (C=O) groups is 1. The van der Waals surface area contributed by atoms with Gasteiger partial charge in [0.1, 0.15) is 5.69 Å². The molecule has 0 saturated heterocycles. The molecule has 0 saturated carbocycles. The molecule has 1 aromatic rings. The van der Waals surface area contributed by atoms with E-state index >= 15 is 0 Å². The van der Waals surface area contributed by atoms with Crippen LogP contribution in [0.4, 0.5) is 0 Å². The number of hydrogen-bond donors (Lipinski definition) is 1. The van der Waals surface area contributed by atoms with Gasteiger partial charge in [0, 0.05) is 5.56 Å². The van der Waals surface area contributed by atoms with Crippen LogP contribution in [0.1, 0.15) is 34.6 Å². The van der Waals surface area contributed by atoms with Crippen molar-refractivity contribution < 1.29 is 9.90 Å². The first kappa shape index (κ1) is 9.96. The van der Waals surface area contributed by atoms with E-state index in [1.54, 1.807) is 10.8 Å². The maximum Gasteiger partial charge on any atom is 0.354 e. The normalized spacial score (nSPS) is 14.7. The smallest absolute Gasteiger partial charge is 0.354 e. The summed E-state index contributed by atoms with van der Waals surface area (Å²) in [5.74, 6) is -0.882. The molecule has 1 aliphatic rings. The van der Waals surface area contributed by atoms with E-state index in [-0.39, 0.29) is 0 Å². The van der Waals surface area contributed by atoms with Crippen molar-refractivity contribution in [3.63, 3.8) is 0 Å². The number of aromatic carboxylic acids is 1. The monoisotopic (exact) mass is 206 g/mol. The Morgan fingerprint density at radius 1 is 1.53 bits per heavy atom. The Morgan fingerprint density at radius 2 is 2.27 bits per heavy atom. The van der Waals surface area contributed by atoms with Crippen molar-refractivity contribution in [2.45, 2.75) is 32.2 Å². The molecule has 4 nitrogen and oxygen atoms in total. The number of hydrogen-bond acceptors (Lipinski definition) is 2. The fraction of sp³-hybridized carbons (Fsp3) is 0.455. The van der Waals surface area contributed by atoms with Gasteiger partial charge in [-0.2, -0.15) is 5.10 Å². The quantitative estimate of drug-likeness (QED) is 0.765. The van der Waals surface area contributed by atoms with Crippen LogP contribution < -0.4 is 0 Å². The Labute approximate surface area is 88.2 Å². The molecule has 15 heavy (non-hydrogen) atoms. The third kappa shape index (κ3) is 1.67. The number of allylic oxidation sites excluding steroid dienone is 1. The molecule has 0 amide bonds. The molecule has 0 spiro atoms. The molecular weight excluding hydrogens is 192 g/mol. The number of carboxylic acid groups (broad SMARTS) is 1. The molecule has 1 heterocycles. The van der Waals surface area contributed by atoms with E-state index < -0.39 is 5.97 Å². The lowest BCUT2D eigenvalue weighted by atomic mass is 9.96. The van der Waals surface area contributed by atoms with Crippen LogP contribution in [0, 0.1) is 0 Å². The van der Waals surface area contributed by atoms with E-state index in [1.165, 1.54) is 0 Å². The summed E-state index contributed by atoms with van der Waals surface area (Å²) in [5.41, 5.74) is 2.24. The maximum absolute atomic E-state index is 11.1. The van der Waals surface area contributed by atoms with Gasteiger partial charge >= 0.3 is 5.97 Å². The molecule has 0 fully saturated rings.